The van der Waals surface area contributed by atoms with Gasteiger partial charge in [-0.3, -0.25) is 10.1 Å². The quantitative estimate of drug-likeness (QED) is 0.827. The molecular weight excluding hydrogens is 336 g/mol. The Labute approximate surface area is 144 Å². The van der Waals surface area contributed by atoms with Gasteiger partial charge < -0.3 is 14.8 Å². The first-order valence-electron chi connectivity index (χ1n) is 6.63. The van der Waals surface area contributed by atoms with Gasteiger partial charge in [0.05, 0.1) is 19.8 Å². The van der Waals surface area contributed by atoms with E-state index in [0.717, 1.165) is 5.69 Å². The Balaban J connectivity index is 2.06. The van der Waals surface area contributed by atoms with Crippen LogP contribution in [0.2, 0.25) is 5.02 Å². The maximum Gasteiger partial charge on any atom is 0.261 e. The summed E-state index contributed by atoms with van der Waals surface area (Å²) in [6.45, 7) is 0. The summed E-state index contributed by atoms with van der Waals surface area (Å²) in [5, 5.41) is 6.30. The lowest BCUT2D eigenvalue weighted by atomic mass is 10.2. The minimum Gasteiger partial charge on any atom is -0.497 e. The highest BCUT2D eigenvalue weighted by molar-refractivity contribution is 7.80. The molecule has 120 valence electrons. The standard InChI is InChI=1S/C16H15ClN2O3S/c1-21-12-7-8-13(14(9-12)22-2)15(20)19-16(23)18-11-5-3-10(17)4-6-11/h3-9H,1-2H3,(H2,18,19,20,23). The number of amides is 1. The van der Waals surface area contributed by atoms with Crippen molar-refractivity contribution in [2.45, 2.75) is 0 Å². The lowest BCUT2D eigenvalue weighted by Gasteiger charge is -2.12. The number of methoxy groups -OCH3 is 2. The van der Waals surface area contributed by atoms with Crippen molar-refractivity contribution in [1.82, 2.24) is 5.32 Å². The zero-order valence-electron chi connectivity index (χ0n) is 12.6. The minimum atomic E-state index is -0.379. The van der Waals surface area contributed by atoms with Crippen molar-refractivity contribution in [3.63, 3.8) is 0 Å². The summed E-state index contributed by atoms with van der Waals surface area (Å²) in [4.78, 5) is 12.3. The summed E-state index contributed by atoms with van der Waals surface area (Å²) < 4.78 is 10.3. The van der Waals surface area contributed by atoms with Crippen molar-refractivity contribution >= 4 is 40.5 Å². The number of carbonyl (C=O) groups is 1. The van der Waals surface area contributed by atoms with Crippen molar-refractivity contribution in [3.8, 4) is 11.5 Å². The molecule has 7 heteroatoms. The number of carbonyl (C=O) groups excluding carboxylic acids is 1. The van der Waals surface area contributed by atoms with Gasteiger partial charge in [-0.25, -0.2) is 0 Å². The van der Waals surface area contributed by atoms with E-state index in [4.69, 9.17) is 33.3 Å². The van der Waals surface area contributed by atoms with Gasteiger partial charge in [-0.2, -0.15) is 0 Å². The number of ether oxygens (including phenoxy) is 2. The van der Waals surface area contributed by atoms with E-state index in [9.17, 15) is 4.79 Å². The molecule has 0 saturated carbocycles. The summed E-state index contributed by atoms with van der Waals surface area (Å²) in [5.41, 5.74) is 1.08. The van der Waals surface area contributed by atoms with E-state index in [0.29, 0.717) is 22.1 Å². The van der Waals surface area contributed by atoms with Crippen LogP contribution in [0.15, 0.2) is 42.5 Å². The van der Waals surface area contributed by atoms with E-state index < -0.39 is 0 Å². The average molecular weight is 351 g/mol. The molecule has 0 heterocycles. The molecule has 0 aliphatic carbocycles. The fourth-order valence-corrected chi connectivity index (χ4v) is 2.19. The Kier molecular flexibility index (Phi) is 5.78. The highest BCUT2D eigenvalue weighted by Gasteiger charge is 2.14. The Morgan fingerprint density at radius 2 is 1.78 bits per heavy atom. The SMILES string of the molecule is COc1ccc(C(=O)NC(=S)Nc2ccc(Cl)cc2)c(OC)c1. The van der Waals surface area contributed by atoms with Crippen LogP contribution in [-0.2, 0) is 0 Å². The summed E-state index contributed by atoms with van der Waals surface area (Å²) in [7, 11) is 3.02. The molecule has 2 rings (SSSR count). The molecule has 2 aromatic rings. The fourth-order valence-electron chi connectivity index (χ4n) is 1.85. The smallest absolute Gasteiger partial charge is 0.261 e. The summed E-state index contributed by atoms with van der Waals surface area (Å²) >= 11 is 10.9. The van der Waals surface area contributed by atoms with Crippen LogP contribution in [0.1, 0.15) is 10.4 Å². The van der Waals surface area contributed by atoms with Gasteiger partial charge in [0.15, 0.2) is 5.11 Å². The number of halogens is 1. The first-order valence-corrected chi connectivity index (χ1v) is 7.42. The molecule has 0 aliphatic heterocycles. The van der Waals surface area contributed by atoms with E-state index in [2.05, 4.69) is 10.6 Å². The second-order valence-corrected chi connectivity index (χ2v) is 5.33. The number of anilines is 1. The van der Waals surface area contributed by atoms with Gasteiger partial charge >= 0.3 is 0 Å². The molecule has 0 aromatic heterocycles. The van der Waals surface area contributed by atoms with Crippen LogP contribution in [0, 0.1) is 0 Å². The van der Waals surface area contributed by atoms with Gasteiger partial charge in [-0.05, 0) is 48.6 Å². The normalized spacial score (nSPS) is 9.87. The molecule has 2 N–H and O–H groups in total. The van der Waals surface area contributed by atoms with E-state index in [1.807, 2.05) is 0 Å². The molecule has 0 aliphatic rings. The predicted octanol–water partition coefficient (Wildman–Crippen LogP) is 3.48. The van der Waals surface area contributed by atoms with Crippen LogP contribution in [0.4, 0.5) is 5.69 Å². The zero-order chi connectivity index (χ0) is 16.8. The molecule has 0 saturated heterocycles. The highest BCUT2D eigenvalue weighted by Crippen LogP contribution is 2.24. The third-order valence-electron chi connectivity index (χ3n) is 2.98. The first kappa shape index (κ1) is 17.1. The number of benzene rings is 2. The van der Waals surface area contributed by atoms with E-state index in [-0.39, 0.29) is 11.0 Å². The Morgan fingerprint density at radius 1 is 1.09 bits per heavy atom. The summed E-state index contributed by atoms with van der Waals surface area (Å²) in [6.07, 6.45) is 0. The largest absolute Gasteiger partial charge is 0.497 e. The first-order chi connectivity index (χ1) is 11.0. The van der Waals surface area contributed by atoms with Gasteiger partial charge in [0, 0.05) is 16.8 Å². The molecule has 1 amide bonds. The third kappa shape index (κ3) is 4.58. The number of rotatable bonds is 4. The molecule has 0 atom stereocenters. The number of thiocarbonyl (C=S) groups is 1. The second-order valence-electron chi connectivity index (χ2n) is 4.48. The maximum absolute atomic E-state index is 12.3. The number of hydrogen-bond donors (Lipinski definition) is 2. The van der Waals surface area contributed by atoms with Crippen LogP contribution in [-0.4, -0.2) is 25.2 Å². The van der Waals surface area contributed by atoms with Crippen LogP contribution < -0.4 is 20.1 Å². The van der Waals surface area contributed by atoms with Crippen molar-refractivity contribution < 1.29 is 14.3 Å². The maximum atomic E-state index is 12.3. The van der Waals surface area contributed by atoms with Gasteiger partial charge in [0.1, 0.15) is 11.5 Å². The minimum absolute atomic E-state index is 0.176. The lowest BCUT2D eigenvalue weighted by molar-refractivity contribution is 0.0974. The second kappa shape index (κ2) is 7.80. The van der Waals surface area contributed by atoms with Crippen LogP contribution in [0.5, 0.6) is 11.5 Å². The molecule has 0 fully saturated rings. The number of nitrogens with one attached hydrogen (secondary N) is 2. The van der Waals surface area contributed by atoms with E-state index in [1.54, 1.807) is 49.6 Å². The van der Waals surface area contributed by atoms with E-state index in [1.165, 1.54) is 7.11 Å². The summed E-state index contributed by atoms with van der Waals surface area (Å²) in [6, 6.07) is 11.9. The van der Waals surface area contributed by atoms with Crippen molar-refractivity contribution in [3.05, 3.63) is 53.1 Å². The third-order valence-corrected chi connectivity index (χ3v) is 3.44. The molecule has 0 unspecified atom stereocenters. The highest BCUT2D eigenvalue weighted by atomic mass is 35.5. The van der Waals surface area contributed by atoms with Crippen LogP contribution in [0.3, 0.4) is 0 Å². The summed E-state index contributed by atoms with van der Waals surface area (Å²) in [5.74, 6) is 0.618. The molecule has 0 spiro atoms. The predicted molar refractivity (Wildman–Crippen MR) is 94.7 cm³/mol. The van der Waals surface area contributed by atoms with E-state index >= 15 is 0 Å². The molecule has 5 nitrogen and oxygen atoms in total. The van der Waals surface area contributed by atoms with Gasteiger partial charge in [-0.15, -0.1) is 0 Å². The van der Waals surface area contributed by atoms with Gasteiger partial charge in [0.2, 0.25) is 0 Å². The molecule has 2 aromatic carbocycles. The van der Waals surface area contributed by atoms with Crippen molar-refractivity contribution in [2.75, 3.05) is 19.5 Å². The monoisotopic (exact) mass is 350 g/mol. The molecular formula is C16H15ClN2O3S. The fraction of sp³-hybridized carbons (Fsp3) is 0.125. The van der Waals surface area contributed by atoms with Crippen molar-refractivity contribution in [1.29, 1.82) is 0 Å². The Morgan fingerprint density at radius 3 is 2.39 bits per heavy atom. The lowest BCUT2D eigenvalue weighted by Crippen LogP contribution is -2.34. The zero-order valence-corrected chi connectivity index (χ0v) is 14.1. The Bertz CT molecular complexity index is 720. The van der Waals surface area contributed by atoms with Crippen molar-refractivity contribution in [2.24, 2.45) is 0 Å². The van der Waals surface area contributed by atoms with Crippen LogP contribution in [0.25, 0.3) is 0 Å². The van der Waals surface area contributed by atoms with Gasteiger partial charge in [-0.1, -0.05) is 11.6 Å². The number of hydrogen-bond acceptors (Lipinski definition) is 4. The van der Waals surface area contributed by atoms with Gasteiger partial charge in [0.25, 0.3) is 5.91 Å². The Hall–Kier alpha value is -2.31. The topological polar surface area (TPSA) is 59.6 Å². The molecule has 0 radical (unpaired) electrons. The van der Waals surface area contributed by atoms with Crippen LogP contribution >= 0.6 is 23.8 Å². The average Bonchev–Trinajstić information content (AvgIpc) is 2.56. The molecule has 23 heavy (non-hydrogen) atoms. The molecule has 0 bridgehead atoms.